The lowest BCUT2D eigenvalue weighted by atomic mass is 9.83. The van der Waals surface area contributed by atoms with Crippen LogP contribution in [-0.4, -0.2) is 14.6 Å². The lowest BCUT2D eigenvalue weighted by Gasteiger charge is -2.25. The average molecular weight is 241 g/mol. The van der Waals surface area contributed by atoms with Gasteiger partial charge >= 0.3 is 0 Å². The lowest BCUT2D eigenvalue weighted by Crippen LogP contribution is -2.13. The van der Waals surface area contributed by atoms with Crippen molar-refractivity contribution >= 4 is 23.1 Å². The van der Waals surface area contributed by atoms with Crippen molar-refractivity contribution in [1.29, 1.82) is 0 Å². The Morgan fingerprint density at radius 2 is 2.25 bits per heavy atom. The fraction of sp³-hybridized carbons (Fsp3) is 0.400. The SMILES string of the molecule is Nc1ncc2c(F)c(Cl)c(C3CCC3)n2n1. The summed E-state index contributed by atoms with van der Waals surface area (Å²) in [6.45, 7) is 0. The maximum absolute atomic E-state index is 13.8. The quantitative estimate of drug-likeness (QED) is 0.833. The van der Waals surface area contributed by atoms with Crippen LogP contribution in [0.1, 0.15) is 30.9 Å². The topological polar surface area (TPSA) is 56.2 Å². The molecule has 1 fully saturated rings. The van der Waals surface area contributed by atoms with Gasteiger partial charge in [0.15, 0.2) is 5.82 Å². The third-order valence-electron chi connectivity index (χ3n) is 3.11. The van der Waals surface area contributed by atoms with Gasteiger partial charge in [0.05, 0.1) is 11.9 Å². The third-order valence-corrected chi connectivity index (χ3v) is 3.47. The normalized spacial score (nSPS) is 16.6. The van der Waals surface area contributed by atoms with E-state index < -0.39 is 5.82 Å². The minimum atomic E-state index is -0.455. The summed E-state index contributed by atoms with van der Waals surface area (Å²) in [4.78, 5) is 3.77. The molecule has 0 amide bonds. The number of aromatic nitrogens is 3. The molecule has 2 aromatic heterocycles. The number of anilines is 1. The summed E-state index contributed by atoms with van der Waals surface area (Å²) < 4.78 is 15.3. The number of nitrogens with zero attached hydrogens (tertiary/aromatic N) is 3. The van der Waals surface area contributed by atoms with Gasteiger partial charge in [-0.2, -0.15) is 0 Å². The van der Waals surface area contributed by atoms with Gasteiger partial charge in [-0.15, -0.1) is 5.10 Å². The van der Waals surface area contributed by atoms with Crippen LogP contribution in [0.15, 0.2) is 6.20 Å². The molecular weight excluding hydrogens is 231 g/mol. The van der Waals surface area contributed by atoms with E-state index in [0.29, 0.717) is 11.4 Å². The second-order valence-electron chi connectivity index (χ2n) is 4.05. The zero-order valence-corrected chi connectivity index (χ0v) is 9.21. The summed E-state index contributed by atoms with van der Waals surface area (Å²) in [5, 5.41) is 4.18. The Morgan fingerprint density at radius 3 is 2.88 bits per heavy atom. The van der Waals surface area contributed by atoms with Crippen LogP contribution in [0.4, 0.5) is 10.3 Å². The summed E-state index contributed by atoms with van der Waals surface area (Å²) in [5.74, 6) is -0.0397. The van der Waals surface area contributed by atoms with Crippen LogP contribution in [0.2, 0.25) is 5.02 Å². The summed E-state index contributed by atoms with van der Waals surface area (Å²) in [6, 6.07) is 0. The van der Waals surface area contributed by atoms with E-state index in [1.165, 1.54) is 10.7 Å². The zero-order chi connectivity index (χ0) is 11.3. The Bertz CT molecular complexity index is 561. The molecule has 1 aliphatic rings. The maximum Gasteiger partial charge on any atom is 0.238 e. The van der Waals surface area contributed by atoms with Crippen molar-refractivity contribution in [1.82, 2.24) is 14.6 Å². The number of fused-ring (bicyclic) bond motifs is 1. The Morgan fingerprint density at radius 1 is 1.50 bits per heavy atom. The van der Waals surface area contributed by atoms with Gasteiger partial charge in [0.1, 0.15) is 10.5 Å². The van der Waals surface area contributed by atoms with E-state index >= 15 is 0 Å². The molecule has 0 aliphatic heterocycles. The van der Waals surface area contributed by atoms with E-state index in [0.717, 1.165) is 25.0 Å². The Hall–Kier alpha value is -1.36. The van der Waals surface area contributed by atoms with Crippen LogP contribution in [0.25, 0.3) is 5.52 Å². The van der Waals surface area contributed by atoms with Gasteiger partial charge in [-0.05, 0) is 12.8 Å². The lowest BCUT2D eigenvalue weighted by molar-refractivity contribution is 0.405. The van der Waals surface area contributed by atoms with E-state index in [1.54, 1.807) is 0 Å². The molecule has 4 nitrogen and oxygen atoms in total. The van der Waals surface area contributed by atoms with Gasteiger partial charge in [-0.3, -0.25) is 0 Å². The number of nitrogen functional groups attached to an aromatic ring is 1. The molecule has 2 aromatic rings. The van der Waals surface area contributed by atoms with Crippen LogP contribution in [0.3, 0.4) is 0 Å². The molecule has 1 aliphatic carbocycles. The second-order valence-corrected chi connectivity index (χ2v) is 4.43. The molecular formula is C10H10ClFN4. The maximum atomic E-state index is 13.8. The Kier molecular flexibility index (Phi) is 2.04. The van der Waals surface area contributed by atoms with Crippen LogP contribution >= 0.6 is 11.6 Å². The number of hydrogen-bond acceptors (Lipinski definition) is 3. The predicted octanol–water partition coefficient (Wildman–Crippen LogP) is 2.37. The van der Waals surface area contributed by atoms with Crippen molar-refractivity contribution in [2.75, 3.05) is 5.73 Å². The first-order valence-corrected chi connectivity index (χ1v) is 5.54. The van der Waals surface area contributed by atoms with Gasteiger partial charge in [0.2, 0.25) is 5.95 Å². The van der Waals surface area contributed by atoms with E-state index in [-0.39, 0.29) is 11.0 Å². The van der Waals surface area contributed by atoms with E-state index in [2.05, 4.69) is 10.1 Å². The predicted molar refractivity (Wildman–Crippen MR) is 59.0 cm³/mol. The van der Waals surface area contributed by atoms with E-state index in [9.17, 15) is 4.39 Å². The first-order chi connectivity index (χ1) is 7.68. The van der Waals surface area contributed by atoms with Crippen LogP contribution in [-0.2, 0) is 0 Å². The fourth-order valence-corrected chi connectivity index (χ4v) is 2.38. The molecule has 6 heteroatoms. The molecule has 0 radical (unpaired) electrons. The van der Waals surface area contributed by atoms with Gasteiger partial charge in [0.25, 0.3) is 0 Å². The van der Waals surface area contributed by atoms with Crippen molar-refractivity contribution in [3.63, 3.8) is 0 Å². The van der Waals surface area contributed by atoms with Crippen molar-refractivity contribution in [2.24, 2.45) is 0 Å². The van der Waals surface area contributed by atoms with Gasteiger partial charge < -0.3 is 5.73 Å². The largest absolute Gasteiger partial charge is 0.367 e. The molecule has 0 unspecified atom stereocenters. The van der Waals surface area contributed by atoms with Crippen LogP contribution in [0.5, 0.6) is 0 Å². The van der Waals surface area contributed by atoms with Gasteiger partial charge in [-0.25, -0.2) is 13.9 Å². The summed E-state index contributed by atoms with van der Waals surface area (Å²) in [7, 11) is 0. The molecule has 0 bridgehead atoms. The minimum absolute atomic E-state index is 0.125. The van der Waals surface area contributed by atoms with Crippen molar-refractivity contribution in [2.45, 2.75) is 25.2 Å². The highest BCUT2D eigenvalue weighted by Gasteiger charge is 2.29. The zero-order valence-electron chi connectivity index (χ0n) is 8.45. The summed E-state index contributed by atoms with van der Waals surface area (Å²) in [6.07, 6.45) is 4.56. The molecule has 2 heterocycles. The average Bonchev–Trinajstić information content (AvgIpc) is 2.41. The summed E-state index contributed by atoms with van der Waals surface area (Å²) >= 11 is 5.99. The molecule has 2 N–H and O–H groups in total. The highest BCUT2D eigenvalue weighted by Crippen LogP contribution is 2.41. The Balaban J connectivity index is 2.31. The molecule has 1 saturated carbocycles. The highest BCUT2D eigenvalue weighted by molar-refractivity contribution is 6.32. The van der Waals surface area contributed by atoms with Crippen LogP contribution < -0.4 is 5.73 Å². The van der Waals surface area contributed by atoms with Crippen molar-refractivity contribution in [3.05, 3.63) is 22.7 Å². The second kappa shape index (κ2) is 3.31. The first kappa shape index (κ1) is 9.84. The van der Waals surface area contributed by atoms with Gasteiger partial charge in [0, 0.05) is 5.92 Å². The molecule has 84 valence electrons. The standard InChI is InChI=1S/C10H10ClFN4/c11-7-8(12)6-4-14-10(13)15-16(6)9(7)5-2-1-3-5/h4-5H,1-3H2,(H2,13,15). The molecule has 0 spiro atoms. The molecule has 0 saturated heterocycles. The Labute approximate surface area is 96.2 Å². The highest BCUT2D eigenvalue weighted by atomic mass is 35.5. The molecule has 16 heavy (non-hydrogen) atoms. The number of rotatable bonds is 1. The molecule has 0 atom stereocenters. The minimum Gasteiger partial charge on any atom is -0.367 e. The monoisotopic (exact) mass is 240 g/mol. The number of nitrogens with two attached hydrogens (primary N) is 1. The molecule has 3 rings (SSSR count). The third kappa shape index (κ3) is 1.21. The number of hydrogen-bond donors (Lipinski definition) is 1. The smallest absolute Gasteiger partial charge is 0.238 e. The first-order valence-electron chi connectivity index (χ1n) is 5.16. The fourth-order valence-electron chi connectivity index (χ4n) is 2.05. The van der Waals surface area contributed by atoms with E-state index in [4.69, 9.17) is 17.3 Å². The van der Waals surface area contributed by atoms with Gasteiger partial charge in [-0.1, -0.05) is 18.0 Å². The van der Waals surface area contributed by atoms with Crippen molar-refractivity contribution in [3.8, 4) is 0 Å². The van der Waals surface area contributed by atoms with Crippen LogP contribution in [0, 0.1) is 5.82 Å². The summed E-state index contributed by atoms with van der Waals surface area (Å²) in [5.41, 5.74) is 6.53. The number of halogens is 2. The van der Waals surface area contributed by atoms with Crippen molar-refractivity contribution < 1.29 is 4.39 Å². The van der Waals surface area contributed by atoms with E-state index in [1.807, 2.05) is 0 Å². The molecule has 0 aromatic carbocycles.